The van der Waals surface area contributed by atoms with Crippen molar-refractivity contribution in [2.75, 3.05) is 0 Å². The van der Waals surface area contributed by atoms with Crippen LogP contribution < -0.4 is 11.1 Å². The quantitative estimate of drug-likeness (QED) is 0.706. The monoisotopic (exact) mass is 258 g/mol. The number of carboxylic acid groups (broad SMARTS) is 1. The van der Waals surface area contributed by atoms with Gasteiger partial charge in [-0.3, -0.25) is 4.79 Å². The van der Waals surface area contributed by atoms with Gasteiger partial charge in [0.15, 0.2) is 0 Å². The topological polar surface area (TPSA) is 102 Å². The highest BCUT2D eigenvalue weighted by atomic mass is 16.6. The third-order valence-electron chi connectivity index (χ3n) is 3.11. The van der Waals surface area contributed by atoms with E-state index in [2.05, 4.69) is 5.32 Å². The summed E-state index contributed by atoms with van der Waals surface area (Å²) in [5, 5.41) is 11.7. The van der Waals surface area contributed by atoms with Crippen LogP contribution in [-0.2, 0) is 9.53 Å². The molecule has 1 atom stereocenters. The first-order valence-corrected chi connectivity index (χ1v) is 6.16. The summed E-state index contributed by atoms with van der Waals surface area (Å²) in [6, 6.07) is -1.10. The molecule has 1 rings (SSSR count). The van der Waals surface area contributed by atoms with Gasteiger partial charge in [-0.1, -0.05) is 12.8 Å². The molecule has 1 amide bonds. The van der Waals surface area contributed by atoms with E-state index in [4.69, 9.17) is 15.6 Å². The molecule has 6 nitrogen and oxygen atoms in total. The number of nitrogens with two attached hydrogens (primary N) is 1. The summed E-state index contributed by atoms with van der Waals surface area (Å²) >= 11 is 0. The highest BCUT2D eigenvalue weighted by molar-refractivity contribution is 5.77. The van der Waals surface area contributed by atoms with Gasteiger partial charge in [-0.15, -0.1) is 0 Å². The van der Waals surface area contributed by atoms with E-state index in [9.17, 15) is 9.59 Å². The normalized spacial score (nSPS) is 20.2. The van der Waals surface area contributed by atoms with Gasteiger partial charge in [0, 0.05) is 0 Å². The van der Waals surface area contributed by atoms with Crippen LogP contribution in [-0.4, -0.2) is 34.4 Å². The maximum Gasteiger partial charge on any atom is 0.408 e. The first-order valence-electron chi connectivity index (χ1n) is 6.16. The number of amides is 1. The fourth-order valence-electron chi connectivity index (χ4n) is 2.26. The Kier molecular flexibility index (Phi) is 4.21. The van der Waals surface area contributed by atoms with Crippen LogP contribution in [0.25, 0.3) is 0 Å². The Morgan fingerprint density at radius 3 is 2.22 bits per heavy atom. The minimum absolute atomic E-state index is 0.569. The minimum atomic E-state index is -1.10. The lowest BCUT2D eigenvalue weighted by molar-refractivity contribution is -0.140. The standard InChI is InChI=1S/C12H22N2O4/c1-11(2,3)18-10(17)14-12(6-4-5-7-12)8(13)9(15)16/h8H,4-7,13H2,1-3H3,(H,14,17)(H,15,16). The summed E-state index contributed by atoms with van der Waals surface area (Å²) < 4.78 is 5.16. The van der Waals surface area contributed by atoms with E-state index in [1.807, 2.05) is 0 Å². The van der Waals surface area contributed by atoms with Crippen LogP contribution in [0.15, 0.2) is 0 Å². The summed E-state index contributed by atoms with van der Waals surface area (Å²) in [5.74, 6) is -1.10. The van der Waals surface area contributed by atoms with Crippen molar-refractivity contribution in [1.29, 1.82) is 0 Å². The maximum atomic E-state index is 11.8. The van der Waals surface area contributed by atoms with E-state index in [1.165, 1.54) is 0 Å². The molecule has 104 valence electrons. The van der Waals surface area contributed by atoms with E-state index in [1.54, 1.807) is 20.8 Å². The van der Waals surface area contributed by atoms with Crippen LogP contribution in [0.1, 0.15) is 46.5 Å². The molecule has 1 aliphatic carbocycles. The molecule has 0 spiro atoms. The number of rotatable bonds is 3. The van der Waals surface area contributed by atoms with Crippen LogP contribution in [0, 0.1) is 0 Å². The van der Waals surface area contributed by atoms with E-state index in [0.29, 0.717) is 12.8 Å². The molecule has 0 radical (unpaired) electrons. The first-order chi connectivity index (χ1) is 8.16. The van der Waals surface area contributed by atoms with Gasteiger partial charge in [0.1, 0.15) is 11.6 Å². The van der Waals surface area contributed by atoms with Crippen LogP contribution >= 0.6 is 0 Å². The van der Waals surface area contributed by atoms with Crippen LogP contribution in [0.2, 0.25) is 0 Å². The Morgan fingerprint density at radius 1 is 1.33 bits per heavy atom. The summed E-state index contributed by atoms with van der Waals surface area (Å²) in [7, 11) is 0. The zero-order valence-electron chi connectivity index (χ0n) is 11.2. The Bertz CT molecular complexity index is 329. The maximum absolute atomic E-state index is 11.8. The number of carbonyl (C=O) groups excluding carboxylic acids is 1. The second-order valence-electron chi connectivity index (χ2n) is 5.81. The Labute approximate surface area is 107 Å². The number of hydrogen-bond acceptors (Lipinski definition) is 4. The molecule has 0 saturated heterocycles. The van der Waals surface area contributed by atoms with Gasteiger partial charge in [0.25, 0.3) is 0 Å². The third kappa shape index (κ3) is 3.60. The molecule has 0 aromatic heterocycles. The summed E-state index contributed by atoms with van der Waals surface area (Å²) in [4.78, 5) is 22.8. The Hall–Kier alpha value is -1.30. The molecular formula is C12H22N2O4. The molecule has 0 bridgehead atoms. The van der Waals surface area contributed by atoms with Crippen molar-refractivity contribution in [3.05, 3.63) is 0 Å². The predicted molar refractivity (Wildman–Crippen MR) is 66.2 cm³/mol. The number of carbonyl (C=O) groups is 2. The number of hydrogen-bond donors (Lipinski definition) is 3. The second kappa shape index (κ2) is 5.14. The molecule has 1 fully saturated rings. The largest absolute Gasteiger partial charge is 0.480 e. The number of alkyl carbamates (subject to hydrolysis) is 1. The summed E-state index contributed by atoms with van der Waals surface area (Å²) in [6.07, 6.45) is 2.24. The van der Waals surface area contributed by atoms with Gasteiger partial charge in [0.05, 0.1) is 5.54 Å². The van der Waals surface area contributed by atoms with Crippen molar-refractivity contribution >= 4 is 12.1 Å². The summed E-state index contributed by atoms with van der Waals surface area (Å²) in [6.45, 7) is 5.26. The lowest BCUT2D eigenvalue weighted by atomic mass is 9.89. The van der Waals surface area contributed by atoms with Crippen molar-refractivity contribution in [3.63, 3.8) is 0 Å². The molecule has 1 aliphatic rings. The van der Waals surface area contributed by atoms with E-state index in [0.717, 1.165) is 12.8 Å². The zero-order valence-corrected chi connectivity index (χ0v) is 11.2. The van der Waals surface area contributed by atoms with Crippen molar-refractivity contribution in [2.24, 2.45) is 5.73 Å². The smallest absolute Gasteiger partial charge is 0.408 e. The number of ether oxygens (including phenoxy) is 1. The average molecular weight is 258 g/mol. The van der Waals surface area contributed by atoms with Gasteiger partial charge >= 0.3 is 12.1 Å². The molecule has 18 heavy (non-hydrogen) atoms. The van der Waals surface area contributed by atoms with E-state index < -0.39 is 29.2 Å². The number of aliphatic carboxylic acids is 1. The molecule has 0 aromatic rings. The molecule has 1 unspecified atom stereocenters. The highest BCUT2D eigenvalue weighted by Gasteiger charge is 2.45. The lowest BCUT2D eigenvalue weighted by Crippen LogP contribution is -2.62. The predicted octanol–water partition coefficient (Wildman–Crippen LogP) is 1.24. The van der Waals surface area contributed by atoms with Crippen LogP contribution in [0.5, 0.6) is 0 Å². The van der Waals surface area contributed by atoms with Crippen molar-refractivity contribution in [1.82, 2.24) is 5.32 Å². The Balaban J connectivity index is 2.75. The van der Waals surface area contributed by atoms with Crippen molar-refractivity contribution in [2.45, 2.75) is 63.6 Å². The second-order valence-corrected chi connectivity index (χ2v) is 5.81. The first kappa shape index (κ1) is 14.8. The molecule has 4 N–H and O–H groups in total. The van der Waals surface area contributed by atoms with Crippen molar-refractivity contribution < 1.29 is 19.4 Å². The average Bonchev–Trinajstić information content (AvgIpc) is 2.62. The molecule has 0 aromatic carbocycles. The fraction of sp³-hybridized carbons (Fsp3) is 0.833. The third-order valence-corrected chi connectivity index (χ3v) is 3.11. The zero-order chi connectivity index (χ0) is 14.0. The van der Waals surface area contributed by atoms with Gasteiger partial charge in [-0.25, -0.2) is 4.79 Å². The van der Waals surface area contributed by atoms with Gasteiger partial charge < -0.3 is 20.9 Å². The van der Waals surface area contributed by atoms with Gasteiger partial charge in [0.2, 0.25) is 0 Å². The fourth-order valence-corrected chi connectivity index (χ4v) is 2.26. The molecular weight excluding hydrogens is 236 g/mol. The van der Waals surface area contributed by atoms with Crippen molar-refractivity contribution in [3.8, 4) is 0 Å². The summed E-state index contributed by atoms with van der Waals surface area (Å²) in [5.41, 5.74) is 4.20. The molecule has 0 heterocycles. The van der Waals surface area contributed by atoms with Crippen LogP contribution in [0.4, 0.5) is 4.79 Å². The lowest BCUT2D eigenvalue weighted by Gasteiger charge is -2.34. The van der Waals surface area contributed by atoms with E-state index >= 15 is 0 Å². The van der Waals surface area contributed by atoms with Crippen LogP contribution in [0.3, 0.4) is 0 Å². The minimum Gasteiger partial charge on any atom is -0.480 e. The number of carboxylic acids is 1. The molecule has 1 saturated carbocycles. The SMILES string of the molecule is CC(C)(C)OC(=O)NC1(C(N)C(=O)O)CCCC1. The molecule has 0 aliphatic heterocycles. The van der Waals surface area contributed by atoms with Gasteiger partial charge in [-0.2, -0.15) is 0 Å². The highest BCUT2D eigenvalue weighted by Crippen LogP contribution is 2.32. The molecule has 6 heteroatoms. The van der Waals surface area contributed by atoms with Gasteiger partial charge in [-0.05, 0) is 33.6 Å². The Morgan fingerprint density at radius 2 is 1.83 bits per heavy atom. The number of nitrogens with one attached hydrogen (secondary N) is 1. The van der Waals surface area contributed by atoms with E-state index in [-0.39, 0.29) is 0 Å².